The van der Waals surface area contributed by atoms with Crippen molar-refractivity contribution in [3.05, 3.63) is 0 Å². The molecule has 6 heteroatoms. The first-order valence-corrected chi connectivity index (χ1v) is 6.36. The largest absolute Gasteiger partial charge is 0.464 e. The molecular formula is C12H21NO5. The van der Waals surface area contributed by atoms with E-state index in [9.17, 15) is 9.59 Å². The number of esters is 1. The van der Waals surface area contributed by atoms with Crippen LogP contribution in [0.15, 0.2) is 0 Å². The molecule has 1 aliphatic rings. The van der Waals surface area contributed by atoms with Gasteiger partial charge in [0, 0.05) is 13.2 Å². The van der Waals surface area contributed by atoms with Crippen molar-refractivity contribution in [3.63, 3.8) is 0 Å². The van der Waals surface area contributed by atoms with Gasteiger partial charge in [0.2, 0.25) is 0 Å². The molecule has 104 valence electrons. The molecule has 0 aliphatic carbocycles. The molecule has 18 heavy (non-hydrogen) atoms. The van der Waals surface area contributed by atoms with Crippen LogP contribution in [0, 0.1) is 5.92 Å². The molecular weight excluding hydrogens is 238 g/mol. The highest BCUT2D eigenvalue weighted by Gasteiger charge is 2.43. The van der Waals surface area contributed by atoms with E-state index in [4.69, 9.17) is 14.6 Å². The van der Waals surface area contributed by atoms with Gasteiger partial charge in [-0.1, -0.05) is 0 Å². The Morgan fingerprint density at radius 3 is 2.50 bits per heavy atom. The van der Waals surface area contributed by atoms with E-state index in [1.54, 1.807) is 13.8 Å². The van der Waals surface area contributed by atoms with Crippen molar-refractivity contribution in [2.45, 2.75) is 32.7 Å². The van der Waals surface area contributed by atoms with Crippen LogP contribution in [-0.4, -0.2) is 54.5 Å². The van der Waals surface area contributed by atoms with E-state index >= 15 is 0 Å². The Balaban J connectivity index is 2.76. The van der Waals surface area contributed by atoms with Crippen LogP contribution >= 0.6 is 0 Å². The Labute approximate surface area is 107 Å². The quantitative estimate of drug-likeness (QED) is 0.738. The lowest BCUT2D eigenvalue weighted by atomic mass is 9.97. The van der Waals surface area contributed by atoms with Crippen LogP contribution in [0.1, 0.15) is 26.7 Å². The molecule has 1 rings (SSSR count). The lowest BCUT2D eigenvalue weighted by Crippen LogP contribution is -2.44. The molecule has 1 fully saturated rings. The molecule has 2 atom stereocenters. The zero-order valence-electron chi connectivity index (χ0n) is 10.9. The minimum Gasteiger partial charge on any atom is -0.464 e. The topological polar surface area (TPSA) is 76.1 Å². The van der Waals surface area contributed by atoms with Crippen molar-refractivity contribution in [2.24, 2.45) is 5.92 Å². The van der Waals surface area contributed by atoms with Crippen LogP contribution in [0.5, 0.6) is 0 Å². The summed E-state index contributed by atoms with van der Waals surface area (Å²) >= 11 is 0. The average Bonchev–Trinajstić information content (AvgIpc) is 2.74. The van der Waals surface area contributed by atoms with E-state index in [1.807, 2.05) is 0 Å². The number of nitrogens with zero attached hydrogens (tertiary/aromatic N) is 1. The summed E-state index contributed by atoms with van der Waals surface area (Å²) in [6.45, 7) is 4.46. The first-order chi connectivity index (χ1) is 8.65. The molecule has 0 radical (unpaired) electrons. The van der Waals surface area contributed by atoms with Crippen LogP contribution in [0.4, 0.5) is 4.79 Å². The molecule has 1 saturated heterocycles. The van der Waals surface area contributed by atoms with Gasteiger partial charge in [-0.15, -0.1) is 0 Å². The molecule has 1 aliphatic heterocycles. The first-order valence-electron chi connectivity index (χ1n) is 6.36. The van der Waals surface area contributed by atoms with Gasteiger partial charge in [-0.05, 0) is 32.6 Å². The van der Waals surface area contributed by atoms with Crippen molar-refractivity contribution < 1.29 is 24.2 Å². The van der Waals surface area contributed by atoms with Gasteiger partial charge in [-0.3, -0.25) is 4.90 Å². The van der Waals surface area contributed by atoms with Crippen LogP contribution < -0.4 is 0 Å². The first kappa shape index (κ1) is 14.8. The fraction of sp³-hybridized carbons (Fsp3) is 0.833. The van der Waals surface area contributed by atoms with E-state index in [1.165, 1.54) is 4.90 Å². The second kappa shape index (κ2) is 7.20. The lowest BCUT2D eigenvalue weighted by molar-refractivity contribution is -0.149. The molecule has 0 aromatic rings. The Bertz CT molecular complexity index is 294. The molecule has 1 amide bonds. The van der Waals surface area contributed by atoms with Crippen LogP contribution in [-0.2, 0) is 14.3 Å². The molecule has 1 N–H and O–H groups in total. The van der Waals surface area contributed by atoms with E-state index in [0.29, 0.717) is 19.4 Å². The summed E-state index contributed by atoms with van der Waals surface area (Å²) in [5.74, 6) is -0.472. The number of carbonyl (C=O) groups is 2. The summed E-state index contributed by atoms with van der Waals surface area (Å²) in [5.41, 5.74) is 0. The second-order valence-corrected chi connectivity index (χ2v) is 4.15. The molecule has 0 bridgehead atoms. The highest BCUT2D eigenvalue weighted by molar-refractivity contribution is 5.82. The maximum atomic E-state index is 11.9. The lowest BCUT2D eigenvalue weighted by Gasteiger charge is -2.25. The Kier molecular flexibility index (Phi) is 5.91. The highest BCUT2D eigenvalue weighted by atomic mass is 16.6. The average molecular weight is 259 g/mol. The van der Waals surface area contributed by atoms with Crippen molar-refractivity contribution in [1.82, 2.24) is 4.90 Å². The van der Waals surface area contributed by atoms with Crippen molar-refractivity contribution in [1.29, 1.82) is 0 Å². The third kappa shape index (κ3) is 3.35. The number of hydrogen-bond donors (Lipinski definition) is 1. The third-order valence-corrected chi connectivity index (χ3v) is 3.05. The predicted molar refractivity (Wildman–Crippen MR) is 64.0 cm³/mol. The number of likely N-dealkylation sites (tertiary alicyclic amines) is 1. The van der Waals surface area contributed by atoms with E-state index in [2.05, 4.69) is 0 Å². The highest BCUT2D eigenvalue weighted by Crippen LogP contribution is 2.28. The Morgan fingerprint density at radius 2 is 1.94 bits per heavy atom. The maximum Gasteiger partial charge on any atom is 0.410 e. The van der Waals surface area contributed by atoms with Gasteiger partial charge in [0.05, 0.1) is 13.2 Å². The summed E-state index contributed by atoms with van der Waals surface area (Å²) in [7, 11) is 0. The fourth-order valence-corrected chi connectivity index (χ4v) is 2.28. The molecule has 0 spiro atoms. The van der Waals surface area contributed by atoms with Gasteiger partial charge in [0.25, 0.3) is 0 Å². The summed E-state index contributed by atoms with van der Waals surface area (Å²) < 4.78 is 9.92. The SMILES string of the molecule is CCOC(=O)C1C(CCO)CCN1C(=O)OCC. The predicted octanol–water partition coefficient (Wildman–Crippen LogP) is 0.779. The minimum atomic E-state index is -0.629. The Hall–Kier alpha value is -1.30. The Morgan fingerprint density at radius 1 is 1.28 bits per heavy atom. The van der Waals surface area contributed by atoms with E-state index < -0.39 is 18.1 Å². The van der Waals surface area contributed by atoms with Crippen LogP contribution in [0.3, 0.4) is 0 Å². The number of aliphatic hydroxyl groups is 1. The fourth-order valence-electron chi connectivity index (χ4n) is 2.28. The minimum absolute atomic E-state index is 0.00274. The molecule has 0 aromatic carbocycles. The van der Waals surface area contributed by atoms with E-state index in [0.717, 1.165) is 0 Å². The smallest absolute Gasteiger partial charge is 0.410 e. The van der Waals surface area contributed by atoms with E-state index in [-0.39, 0.29) is 25.7 Å². The monoisotopic (exact) mass is 259 g/mol. The normalized spacial score (nSPS) is 22.9. The third-order valence-electron chi connectivity index (χ3n) is 3.05. The van der Waals surface area contributed by atoms with Crippen molar-refractivity contribution in [2.75, 3.05) is 26.4 Å². The summed E-state index contributed by atoms with van der Waals surface area (Å²) in [4.78, 5) is 25.0. The summed E-state index contributed by atoms with van der Waals surface area (Å²) in [6, 6.07) is -0.629. The number of hydrogen-bond acceptors (Lipinski definition) is 5. The summed E-state index contributed by atoms with van der Waals surface area (Å²) in [6.07, 6.45) is 0.679. The maximum absolute atomic E-state index is 11.9. The zero-order chi connectivity index (χ0) is 13.5. The van der Waals surface area contributed by atoms with Gasteiger partial charge in [-0.2, -0.15) is 0 Å². The zero-order valence-corrected chi connectivity index (χ0v) is 10.9. The molecule has 1 heterocycles. The second-order valence-electron chi connectivity index (χ2n) is 4.15. The molecule has 6 nitrogen and oxygen atoms in total. The number of carbonyl (C=O) groups excluding carboxylic acids is 2. The van der Waals surface area contributed by atoms with Gasteiger partial charge in [-0.25, -0.2) is 9.59 Å². The van der Waals surface area contributed by atoms with Crippen molar-refractivity contribution in [3.8, 4) is 0 Å². The van der Waals surface area contributed by atoms with Gasteiger partial charge < -0.3 is 14.6 Å². The number of ether oxygens (including phenoxy) is 2. The van der Waals surface area contributed by atoms with Crippen LogP contribution in [0.25, 0.3) is 0 Å². The van der Waals surface area contributed by atoms with Crippen LogP contribution in [0.2, 0.25) is 0 Å². The molecule has 0 aromatic heterocycles. The molecule has 2 unspecified atom stereocenters. The number of aliphatic hydroxyl groups excluding tert-OH is 1. The van der Waals surface area contributed by atoms with Gasteiger partial charge >= 0.3 is 12.1 Å². The van der Waals surface area contributed by atoms with Gasteiger partial charge in [0.15, 0.2) is 0 Å². The standard InChI is InChI=1S/C12H21NO5/c1-3-17-11(15)10-9(6-8-14)5-7-13(10)12(16)18-4-2/h9-10,14H,3-8H2,1-2H3. The van der Waals surface area contributed by atoms with Gasteiger partial charge in [0.1, 0.15) is 6.04 Å². The number of amides is 1. The summed E-state index contributed by atoms with van der Waals surface area (Å²) in [5, 5.41) is 9.00. The number of rotatable bonds is 5. The molecule has 0 saturated carbocycles. The van der Waals surface area contributed by atoms with Crippen molar-refractivity contribution >= 4 is 12.1 Å².